The minimum atomic E-state index is -0.522. The van der Waals surface area contributed by atoms with Crippen molar-refractivity contribution in [2.75, 3.05) is 7.11 Å². The molecule has 0 radical (unpaired) electrons. The van der Waals surface area contributed by atoms with Crippen molar-refractivity contribution in [1.29, 1.82) is 0 Å². The fraction of sp³-hybridized carbons (Fsp3) is 0.353. The minimum absolute atomic E-state index is 0.0352. The topological polar surface area (TPSA) is 46.5 Å². The van der Waals surface area contributed by atoms with Crippen molar-refractivity contribution >= 4 is 11.5 Å². The average Bonchev–Trinajstić information content (AvgIpc) is 2.48. The van der Waals surface area contributed by atoms with E-state index in [-0.39, 0.29) is 18.0 Å². The van der Waals surface area contributed by atoms with Crippen LogP contribution < -0.4 is 0 Å². The van der Waals surface area contributed by atoms with Crippen LogP contribution in [0.2, 0.25) is 0 Å². The number of hydrogen-bond acceptors (Lipinski definition) is 3. The summed E-state index contributed by atoms with van der Waals surface area (Å²) in [6.07, 6.45) is 5.60. The van der Waals surface area contributed by atoms with Gasteiger partial charge in [-0.05, 0) is 12.5 Å². The number of carbonyl (C=O) groups excluding carboxylic acids is 1. The normalized spacial score (nSPS) is 24.8. The molecule has 1 aliphatic carbocycles. The summed E-state index contributed by atoms with van der Waals surface area (Å²) in [5.74, 6) is -0.0443. The number of Topliss-reactive ketones (excluding diaryl/α,β-unsaturated/α-hetero) is 1. The summed E-state index contributed by atoms with van der Waals surface area (Å²) in [5, 5.41) is 10.3. The Hall–Kier alpha value is -1.87. The zero-order chi connectivity index (χ0) is 14.6. The van der Waals surface area contributed by atoms with Crippen LogP contribution in [0.5, 0.6) is 0 Å². The average molecular weight is 272 g/mol. The number of ether oxygens (including phenoxy) is 1. The van der Waals surface area contributed by atoms with Gasteiger partial charge in [0.05, 0.1) is 11.2 Å². The van der Waals surface area contributed by atoms with Crippen molar-refractivity contribution in [3.05, 3.63) is 53.6 Å². The lowest BCUT2D eigenvalue weighted by molar-refractivity contribution is -0.120. The van der Waals surface area contributed by atoms with Gasteiger partial charge in [0.1, 0.15) is 5.76 Å². The van der Waals surface area contributed by atoms with Gasteiger partial charge >= 0.3 is 0 Å². The lowest BCUT2D eigenvalue weighted by atomic mass is 9.83. The summed E-state index contributed by atoms with van der Waals surface area (Å²) in [4.78, 5) is 12.3. The first kappa shape index (κ1) is 14.5. The summed E-state index contributed by atoms with van der Waals surface area (Å²) < 4.78 is 5.51. The number of methoxy groups -OCH3 is 1. The second kappa shape index (κ2) is 6.06. The van der Waals surface area contributed by atoms with E-state index in [1.165, 1.54) is 0 Å². The SMILES string of the molecule is CCCC1(OC)C=CC(=C(O)c2ccccc2)C(=O)C1. The number of rotatable bonds is 4. The summed E-state index contributed by atoms with van der Waals surface area (Å²) >= 11 is 0. The Labute approximate surface area is 119 Å². The molecular formula is C17H20O3. The van der Waals surface area contributed by atoms with Gasteiger partial charge in [-0.1, -0.05) is 49.8 Å². The molecule has 0 spiro atoms. The van der Waals surface area contributed by atoms with E-state index < -0.39 is 5.60 Å². The van der Waals surface area contributed by atoms with Crippen molar-refractivity contribution in [2.24, 2.45) is 0 Å². The highest BCUT2D eigenvalue weighted by Gasteiger charge is 2.34. The third kappa shape index (κ3) is 2.83. The molecule has 0 aliphatic heterocycles. The van der Waals surface area contributed by atoms with Crippen LogP contribution >= 0.6 is 0 Å². The van der Waals surface area contributed by atoms with Crippen LogP contribution in [0.1, 0.15) is 31.7 Å². The number of benzene rings is 1. The standard InChI is InChI=1S/C17H20O3/c1-3-10-17(20-2)11-9-14(15(18)12-17)16(19)13-7-5-4-6-8-13/h4-9,11,19H,3,10,12H2,1-2H3. The van der Waals surface area contributed by atoms with Crippen LogP contribution in [0, 0.1) is 0 Å². The lowest BCUT2D eigenvalue weighted by Gasteiger charge is -2.31. The molecule has 1 aliphatic rings. The van der Waals surface area contributed by atoms with Crippen molar-refractivity contribution < 1.29 is 14.6 Å². The Kier molecular flexibility index (Phi) is 4.40. The molecule has 1 unspecified atom stereocenters. The highest BCUT2D eigenvalue weighted by atomic mass is 16.5. The van der Waals surface area contributed by atoms with Crippen LogP contribution in [-0.2, 0) is 9.53 Å². The second-order valence-electron chi connectivity index (χ2n) is 5.08. The largest absolute Gasteiger partial charge is 0.507 e. The predicted octanol–water partition coefficient (Wildman–Crippen LogP) is 3.67. The Morgan fingerprint density at radius 3 is 2.60 bits per heavy atom. The van der Waals surface area contributed by atoms with E-state index in [1.807, 2.05) is 24.3 Å². The van der Waals surface area contributed by atoms with Crippen molar-refractivity contribution in [1.82, 2.24) is 0 Å². The van der Waals surface area contributed by atoms with Gasteiger partial charge in [-0.2, -0.15) is 0 Å². The number of aliphatic hydroxyl groups is 1. The molecule has 1 aromatic rings. The van der Waals surface area contributed by atoms with E-state index in [2.05, 4.69) is 6.92 Å². The van der Waals surface area contributed by atoms with Gasteiger partial charge in [0.15, 0.2) is 5.78 Å². The maximum absolute atomic E-state index is 12.3. The van der Waals surface area contributed by atoms with E-state index in [0.29, 0.717) is 11.1 Å². The Morgan fingerprint density at radius 1 is 1.35 bits per heavy atom. The molecule has 0 aromatic heterocycles. The molecule has 0 heterocycles. The lowest BCUT2D eigenvalue weighted by Crippen LogP contribution is -2.35. The van der Waals surface area contributed by atoms with Gasteiger partial charge < -0.3 is 9.84 Å². The van der Waals surface area contributed by atoms with E-state index in [0.717, 1.165) is 12.8 Å². The Balaban J connectivity index is 2.37. The smallest absolute Gasteiger partial charge is 0.169 e. The monoisotopic (exact) mass is 272 g/mol. The molecular weight excluding hydrogens is 252 g/mol. The van der Waals surface area contributed by atoms with Gasteiger partial charge in [-0.15, -0.1) is 0 Å². The van der Waals surface area contributed by atoms with Gasteiger partial charge in [-0.3, -0.25) is 4.79 Å². The second-order valence-corrected chi connectivity index (χ2v) is 5.08. The van der Waals surface area contributed by atoms with E-state index in [4.69, 9.17) is 4.74 Å². The van der Waals surface area contributed by atoms with Crippen molar-refractivity contribution in [2.45, 2.75) is 31.8 Å². The molecule has 0 saturated heterocycles. The van der Waals surface area contributed by atoms with Crippen LogP contribution in [-0.4, -0.2) is 23.6 Å². The minimum Gasteiger partial charge on any atom is -0.507 e. The van der Waals surface area contributed by atoms with Crippen LogP contribution in [0.15, 0.2) is 48.1 Å². The molecule has 106 valence electrons. The molecule has 1 atom stereocenters. The molecule has 0 amide bonds. The molecule has 3 heteroatoms. The molecule has 1 N–H and O–H groups in total. The van der Waals surface area contributed by atoms with Crippen LogP contribution in [0.25, 0.3) is 5.76 Å². The molecule has 20 heavy (non-hydrogen) atoms. The molecule has 3 nitrogen and oxygen atoms in total. The highest BCUT2D eigenvalue weighted by Crippen LogP contribution is 2.32. The number of hydrogen-bond donors (Lipinski definition) is 1. The van der Waals surface area contributed by atoms with Crippen molar-refractivity contribution in [3.63, 3.8) is 0 Å². The summed E-state index contributed by atoms with van der Waals surface area (Å²) in [5.41, 5.74) is 0.493. The Morgan fingerprint density at radius 2 is 2.05 bits per heavy atom. The number of carbonyl (C=O) groups is 1. The van der Waals surface area contributed by atoms with E-state index in [9.17, 15) is 9.90 Å². The quantitative estimate of drug-likeness (QED) is 0.672. The van der Waals surface area contributed by atoms with Gasteiger partial charge in [0.25, 0.3) is 0 Å². The van der Waals surface area contributed by atoms with Crippen LogP contribution in [0.3, 0.4) is 0 Å². The molecule has 0 bridgehead atoms. The first-order valence-corrected chi connectivity index (χ1v) is 6.88. The van der Waals surface area contributed by atoms with Crippen molar-refractivity contribution in [3.8, 4) is 0 Å². The third-order valence-electron chi connectivity index (χ3n) is 3.70. The van der Waals surface area contributed by atoms with Gasteiger partial charge in [0.2, 0.25) is 0 Å². The van der Waals surface area contributed by atoms with Gasteiger partial charge in [-0.25, -0.2) is 0 Å². The fourth-order valence-electron chi connectivity index (χ4n) is 2.55. The first-order valence-electron chi connectivity index (χ1n) is 6.88. The third-order valence-corrected chi connectivity index (χ3v) is 3.70. The van der Waals surface area contributed by atoms with E-state index in [1.54, 1.807) is 25.3 Å². The number of ketones is 1. The maximum atomic E-state index is 12.3. The Bertz CT molecular complexity index is 543. The van der Waals surface area contributed by atoms with Gasteiger partial charge in [0, 0.05) is 19.1 Å². The molecule has 0 saturated carbocycles. The van der Waals surface area contributed by atoms with E-state index >= 15 is 0 Å². The predicted molar refractivity (Wildman–Crippen MR) is 79.4 cm³/mol. The number of aliphatic hydroxyl groups excluding tert-OH is 1. The summed E-state index contributed by atoms with van der Waals surface area (Å²) in [6, 6.07) is 9.11. The highest BCUT2D eigenvalue weighted by molar-refractivity contribution is 6.05. The number of allylic oxidation sites excluding steroid dienone is 2. The maximum Gasteiger partial charge on any atom is 0.169 e. The first-order chi connectivity index (χ1) is 9.62. The zero-order valence-corrected chi connectivity index (χ0v) is 11.9. The molecule has 0 fully saturated rings. The van der Waals surface area contributed by atoms with Crippen LogP contribution in [0.4, 0.5) is 0 Å². The molecule has 2 rings (SSSR count). The fourth-order valence-corrected chi connectivity index (χ4v) is 2.55. The molecule has 1 aromatic carbocycles. The summed E-state index contributed by atoms with van der Waals surface area (Å²) in [6.45, 7) is 2.06. The summed E-state index contributed by atoms with van der Waals surface area (Å²) in [7, 11) is 1.62. The zero-order valence-electron chi connectivity index (χ0n) is 11.9.